The van der Waals surface area contributed by atoms with Crippen LogP contribution in [0.3, 0.4) is 0 Å². The Morgan fingerprint density at radius 2 is 2.06 bits per heavy atom. The lowest BCUT2D eigenvalue weighted by Crippen LogP contribution is -2.21. The van der Waals surface area contributed by atoms with E-state index in [2.05, 4.69) is 25.1 Å². The van der Waals surface area contributed by atoms with Crippen LogP contribution in [0, 0.1) is 5.92 Å². The molecule has 0 saturated heterocycles. The first-order valence-electron chi connectivity index (χ1n) is 6.26. The molecular weight excluding hydrogens is 198 g/mol. The van der Waals surface area contributed by atoms with Gasteiger partial charge in [-0.2, -0.15) is 0 Å². The van der Waals surface area contributed by atoms with Crippen molar-refractivity contribution in [2.24, 2.45) is 11.7 Å². The number of aryl methyl sites for hydroxylation is 2. The first kappa shape index (κ1) is 11.6. The van der Waals surface area contributed by atoms with Crippen molar-refractivity contribution in [3.05, 3.63) is 34.9 Å². The first-order chi connectivity index (χ1) is 7.76. The second kappa shape index (κ2) is 4.98. The predicted molar refractivity (Wildman–Crippen MR) is 66.3 cm³/mol. The summed E-state index contributed by atoms with van der Waals surface area (Å²) in [5.74, 6) is 0.180. The summed E-state index contributed by atoms with van der Waals surface area (Å²) in [5, 5.41) is 10.2. The van der Waals surface area contributed by atoms with Crippen LogP contribution in [0.5, 0.6) is 0 Å². The van der Waals surface area contributed by atoms with Crippen LogP contribution in [0.2, 0.25) is 0 Å². The van der Waals surface area contributed by atoms with Gasteiger partial charge in [0.1, 0.15) is 0 Å². The van der Waals surface area contributed by atoms with Crippen molar-refractivity contribution in [2.45, 2.75) is 38.7 Å². The number of hydrogen-bond acceptors (Lipinski definition) is 2. The number of fused-ring (bicyclic) bond motifs is 1. The largest absolute Gasteiger partial charge is 0.388 e. The maximum Gasteiger partial charge on any atom is 0.0830 e. The Morgan fingerprint density at radius 1 is 1.31 bits per heavy atom. The molecule has 0 aromatic heterocycles. The molecule has 2 rings (SSSR count). The van der Waals surface area contributed by atoms with Crippen molar-refractivity contribution in [3.8, 4) is 0 Å². The molecule has 2 unspecified atom stereocenters. The molecule has 1 aliphatic carbocycles. The lowest BCUT2D eigenvalue weighted by molar-refractivity contribution is 0.110. The fourth-order valence-corrected chi connectivity index (χ4v) is 2.57. The van der Waals surface area contributed by atoms with Gasteiger partial charge in [-0.25, -0.2) is 0 Å². The van der Waals surface area contributed by atoms with Gasteiger partial charge in [-0.15, -0.1) is 0 Å². The Morgan fingerprint density at radius 3 is 2.75 bits per heavy atom. The van der Waals surface area contributed by atoms with E-state index in [1.54, 1.807) is 0 Å². The van der Waals surface area contributed by atoms with Crippen molar-refractivity contribution >= 4 is 0 Å². The van der Waals surface area contributed by atoms with Gasteiger partial charge in [0.15, 0.2) is 0 Å². The van der Waals surface area contributed by atoms with Crippen LogP contribution in [0.25, 0.3) is 0 Å². The number of nitrogens with two attached hydrogens (primary N) is 1. The van der Waals surface area contributed by atoms with Gasteiger partial charge in [-0.1, -0.05) is 25.1 Å². The normalized spacial score (nSPS) is 18.2. The SMILES string of the molecule is CCC(CN)C(O)c1ccc2c(c1)CCC2. The van der Waals surface area contributed by atoms with Crippen LogP contribution >= 0.6 is 0 Å². The number of aliphatic hydroxyl groups is 1. The molecule has 0 saturated carbocycles. The smallest absolute Gasteiger partial charge is 0.0830 e. The molecule has 2 atom stereocenters. The van der Waals surface area contributed by atoms with E-state index in [9.17, 15) is 5.11 Å². The quantitative estimate of drug-likeness (QED) is 0.815. The number of rotatable bonds is 4. The fourth-order valence-electron chi connectivity index (χ4n) is 2.57. The molecule has 88 valence electrons. The van der Waals surface area contributed by atoms with Gasteiger partial charge in [0.05, 0.1) is 6.10 Å². The summed E-state index contributed by atoms with van der Waals surface area (Å²) in [5.41, 5.74) is 9.59. The van der Waals surface area contributed by atoms with E-state index in [-0.39, 0.29) is 5.92 Å². The second-order valence-electron chi connectivity index (χ2n) is 4.73. The summed E-state index contributed by atoms with van der Waals surface area (Å²) in [4.78, 5) is 0. The average molecular weight is 219 g/mol. The molecule has 0 heterocycles. The van der Waals surface area contributed by atoms with Gasteiger partial charge in [0, 0.05) is 5.92 Å². The van der Waals surface area contributed by atoms with E-state index in [0.717, 1.165) is 18.4 Å². The van der Waals surface area contributed by atoms with Crippen LogP contribution in [0.1, 0.15) is 42.6 Å². The molecule has 2 nitrogen and oxygen atoms in total. The molecule has 0 radical (unpaired) electrons. The molecule has 0 spiro atoms. The predicted octanol–water partition coefficient (Wildman–Crippen LogP) is 2.19. The maximum atomic E-state index is 10.2. The first-order valence-corrected chi connectivity index (χ1v) is 6.26. The Labute approximate surface area is 97.5 Å². The number of benzene rings is 1. The third-order valence-electron chi connectivity index (χ3n) is 3.74. The molecule has 0 amide bonds. The zero-order valence-electron chi connectivity index (χ0n) is 9.95. The van der Waals surface area contributed by atoms with Crippen molar-refractivity contribution in [1.29, 1.82) is 0 Å². The zero-order chi connectivity index (χ0) is 11.5. The molecule has 2 heteroatoms. The zero-order valence-corrected chi connectivity index (χ0v) is 9.95. The molecule has 16 heavy (non-hydrogen) atoms. The van der Waals surface area contributed by atoms with Crippen LogP contribution < -0.4 is 5.73 Å². The van der Waals surface area contributed by atoms with Gasteiger partial charge in [-0.05, 0) is 48.9 Å². The Hall–Kier alpha value is -0.860. The molecule has 0 aliphatic heterocycles. The molecule has 0 bridgehead atoms. The van der Waals surface area contributed by atoms with Gasteiger partial charge in [-0.3, -0.25) is 0 Å². The van der Waals surface area contributed by atoms with E-state index in [1.165, 1.54) is 24.0 Å². The second-order valence-corrected chi connectivity index (χ2v) is 4.73. The highest BCUT2D eigenvalue weighted by atomic mass is 16.3. The van der Waals surface area contributed by atoms with Crippen molar-refractivity contribution in [2.75, 3.05) is 6.54 Å². The molecular formula is C14H21NO. The third kappa shape index (κ3) is 2.13. The highest BCUT2D eigenvalue weighted by Crippen LogP contribution is 2.29. The fraction of sp³-hybridized carbons (Fsp3) is 0.571. The molecule has 1 aromatic rings. The Bertz CT molecular complexity index is 358. The molecule has 1 aromatic carbocycles. The van der Waals surface area contributed by atoms with Crippen LogP contribution in [-0.4, -0.2) is 11.7 Å². The standard InChI is InChI=1S/C14H21NO/c1-2-10(9-15)14(16)13-7-6-11-4-3-5-12(11)8-13/h6-8,10,14,16H,2-5,9,15H2,1H3. The summed E-state index contributed by atoms with van der Waals surface area (Å²) in [6.07, 6.45) is 4.13. The van der Waals surface area contributed by atoms with Crippen LogP contribution in [-0.2, 0) is 12.8 Å². The van der Waals surface area contributed by atoms with Crippen LogP contribution in [0.15, 0.2) is 18.2 Å². The summed E-state index contributed by atoms with van der Waals surface area (Å²) in [6, 6.07) is 6.41. The third-order valence-corrected chi connectivity index (χ3v) is 3.74. The highest BCUT2D eigenvalue weighted by molar-refractivity contribution is 5.36. The Balaban J connectivity index is 2.20. The monoisotopic (exact) mass is 219 g/mol. The topological polar surface area (TPSA) is 46.2 Å². The van der Waals surface area contributed by atoms with Crippen molar-refractivity contribution in [1.82, 2.24) is 0 Å². The minimum absolute atomic E-state index is 0.180. The van der Waals surface area contributed by atoms with E-state index < -0.39 is 6.10 Å². The highest BCUT2D eigenvalue weighted by Gasteiger charge is 2.19. The van der Waals surface area contributed by atoms with Gasteiger partial charge in [0.2, 0.25) is 0 Å². The lowest BCUT2D eigenvalue weighted by atomic mass is 9.92. The van der Waals surface area contributed by atoms with E-state index in [1.807, 2.05) is 0 Å². The Kier molecular flexibility index (Phi) is 3.62. The minimum Gasteiger partial charge on any atom is -0.388 e. The van der Waals surface area contributed by atoms with E-state index in [4.69, 9.17) is 5.73 Å². The summed E-state index contributed by atoms with van der Waals surface area (Å²) in [7, 11) is 0. The van der Waals surface area contributed by atoms with Gasteiger partial charge in [0.25, 0.3) is 0 Å². The van der Waals surface area contributed by atoms with Crippen molar-refractivity contribution < 1.29 is 5.11 Å². The van der Waals surface area contributed by atoms with E-state index >= 15 is 0 Å². The van der Waals surface area contributed by atoms with Crippen LogP contribution in [0.4, 0.5) is 0 Å². The molecule has 0 fully saturated rings. The van der Waals surface area contributed by atoms with Crippen molar-refractivity contribution in [3.63, 3.8) is 0 Å². The van der Waals surface area contributed by atoms with E-state index in [0.29, 0.717) is 6.54 Å². The average Bonchev–Trinajstić information content (AvgIpc) is 2.77. The minimum atomic E-state index is -0.402. The summed E-state index contributed by atoms with van der Waals surface area (Å²) in [6.45, 7) is 2.63. The van der Waals surface area contributed by atoms with Gasteiger partial charge >= 0.3 is 0 Å². The number of hydrogen-bond donors (Lipinski definition) is 2. The summed E-state index contributed by atoms with van der Waals surface area (Å²) >= 11 is 0. The maximum absolute atomic E-state index is 10.2. The van der Waals surface area contributed by atoms with Gasteiger partial charge < -0.3 is 10.8 Å². The summed E-state index contributed by atoms with van der Waals surface area (Å²) < 4.78 is 0. The lowest BCUT2D eigenvalue weighted by Gasteiger charge is -2.20. The number of aliphatic hydroxyl groups excluding tert-OH is 1. The molecule has 3 N–H and O–H groups in total. The molecule has 1 aliphatic rings.